The third-order valence-electron chi connectivity index (χ3n) is 5.13. The third-order valence-corrected chi connectivity index (χ3v) is 6.16. The lowest BCUT2D eigenvalue weighted by Crippen LogP contribution is -2.05. The quantitative estimate of drug-likeness (QED) is 0.276. The molecule has 1 aliphatic rings. The Bertz CT molecular complexity index is 1390. The fraction of sp³-hybridized carbons (Fsp3) is 0.0741. The number of hydrogen-bond acceptors (Lipinski definition) is 5. The van der Waals surface area contributed by atoms with Crippen LogP contribution >= 0.6 is 11.8 Å². The molecule has 0 aliphatic carbocycles. The Morgan fingerprint density at radius 2 is 1.62 bits per heavy atom. The minimum atomic E-state index is -0.459. The van der Waals surface area contributed by atoms with Crippen LogP contribution in [0.2, 0.25) is 0 Å². The van der Waals surface area contributed by atoms with Crippen LogP contribution in [0.4, 0.5) is 0 Å². The van der Waals surface area contributed by atoms with E-state index in [1.165, 1.54) is 5.56 Å². The number of aromatic nitrogens is 1. The molecular weight excluding hydrogens is 416 g/mol. The lowest BCUT2D eigenvalue weighted by molar-refractivity contribution is -0.129. The number of carbonyl (C=O) groups excluding carboxylic acids is 1. The number of fused-ring (bicyclic) bond motifs is 1. The van der Waals surface area contributed by atoms with Crippen molar-refractivity contribution in [2.24, 2.45) is 4.99 Å². The van der Waals surface area contributed by atoms with E-state index in [9.17, 15) is 4.79 Å². The minimum absolute atomic E-state index is 0.267. The molecule has 156 valence electrons. The SMILES string of the molecule is Cc1ccc(Sc2nc3ccc(C)cc3cc2/C=C2/N=C(c3ccccc3)OC2=O)cc1. The van der Waals surface area contributed by atoms with Gasteiger partial charge in [-0.25, -0.2) is 14.8 Å². The number of benzene rings is 3. The zero-order valence-electron chi connectivity index (χ0n) is 17.7. The maximum atomic E-state index is 12.6. The highest BCUT2D eigenvalue weighted by Crippen LogP contribution is 2.33. The molecule has 0 saturated carbocycles. The second kappa shape index (κ2) is 8.44. The van der Waals surface area contributed by atoms with Gasteiger partial charge in [0, 0.05) is 21.4 Å². The van der Waals surface area contributed by atoms with Crippen LogP contribution < -0.4 is 0 Å². The summed E-state index contributed by atoms with van der Waals surface area (Å²) >= 11 is 1.57. The molecule has 1 aliphatic heterocycles. The number of aliphatic imine (C=N–C) groups is 1. The summed E-state index contributed by atoms with van der Waals surface area (Å²) in [5.41, 5.74) is 5.14. The Morgan fingerprint density at radius 1 is 0.875 bits per heavy atom. The van der Waals surface area contributed by atoms with E-state index >= 15 is 0 Å². The molecule has 5 heteroatoms. The van der Waals surface area contributed by atoms with Gasteiger partial charge in [0.2, 0.25) is 5.90 Å². The lowest BCUT2D eigenvalue weighted by atomic mass is 10.1. The first-order chi connectivity index (χ1) is 15.5. The van der Waals surface area contributed by atoms with Crippen molar-refractivity contribution in [3.05, 3.63) is 107 Å². The summed E-state index contributed by atoms with van der Waals surface area (Å²) in [6.07, 6.45) is 1.77. The molecule has 2 heterocycles. The lowest BCUT2D eigenvalue weighted by Gasteiger charge is -2.09. The van der Waals surface area contributed by atoms with E-state index in [1.807, 2.05) is 36.4 Å². The first kappa shape index (κ1) is 20.2. The first-order valence-electron chi connectivity index (χ1n) is 10.3. The van der Waals surface area contributed by atoms with E-state index in [-0.39, 0.29) is 5.70 Å². The average Bonchev–Trinajstić information content (AvgIpc) is 3.16. The monoisotopic (exact) mass is 436 g/mol. The molecule has 0 saturated heterocycles. The average molecular weight is 437 g/mol. The smallest absolute Gasteiger partial charge is 0.363 e. The Labute approximate surface area is 190 Å². The standard InChI is InChI=1S/C27H20N2O2S/c1-17-8-11-22(12-9-17)32-26-21(15-20-14-18(2)10-13-23(20)29-26)16-24-27(30)31-25(28-24)19-6-4-3-5-7-19/h3-16H,1-2H3/b24-16+. The van der Waals surface area contributed by atoms with Crippen molar-refractivity contribution in [2.45, 2.75) is 23.8 Å². The number of carbonyl (C=O) groups is 1. The minimum Gasteiger partial charge on any atom is -0.402 e. The topological polar surface area (TPSA) is 51.6 Å². The fourth-order valence-electron chi connectivity index (χ4n) is 3.46. The molecule has 4 nitrogen and oxygen atoms in total. The van der Waals surface area contributed by atoms with E-state index in [0.717, 1.165) is 37.5 Å². The van der Waals surface area contributed by atoms with Gasteiger partial charge in [-0.2, -0.15) is 0 Å². The second-order valence-corrected chi connectivity index (χ2v) is 8.76. The van der Waals surface area contributed by atoms with E-state index in [2.05, 4.69) is 61.3 Å². The largest absolute Gasteiger partial charge is 0.402 e. The Hall–Kier alpha value is -3.70. The third kappa shape index (κ3) is 4.20. The second-order valence-electron chi connectivity index (χ2n) is 7.70. The van der Waals surface area contributed by atoms with Crippen LogP contribution in [0, 0.1) is 13.8 Å². The highest BCUT2D eigenvalue weighted by atomic mass is 32.2. The highest BCUT2D eigenvalue weighted by molar-refractivity contribution is 7.99. The van der Waals surface area contributed by atoms with Crippen LogP contribution in [0.5, 0.6) is 0 Å². The molecule has 0 bridgehead atoms. The fourth-order valence-corrected chi connectivity index (χ4v) is 4.33. The summed E-state index contributed by atoms with van der Waals surface area (Å²) < 4.78 is 5.43. The summed E-state index contributed by atoms with van der Waals surface area (Å²) in [4.78, 5) is 23.0. The number of nitrogens with zero attached hydrogens (tertiary/aromatic N) is 2. The molecule has 0 unspecified atom stereocenters. The Morgan fingerprint density at radius 3 is 2.41 bits per heavy atom. The van der Waals surface area contributed by atoms with Gasteiger partial charge in [-0.1, -0.05) is 59.3 Å². The van der Waals surface area contributed by atoms with E-state index in [0.29, 0.717) is 5.90 Å². The molecule has 0 N–H and O–H groups in total. The first-order valence-corrected chi connectivity index (χ1v) is 11.1. The predicted octanol–water partition coefficient (Wildman–Crippen LogP) is 6.35. The molecule has 5 rings (SSSR count). The van der Waals surface area contributed by atoms with Gasteiger partial charge in [-0.3, -0.25) is 0 Å². The zero-order valence-corrected chi connectivity index (χ0v) is 18.5. The summed E-state index contributed by atoms with van der Waals surface area (Å²) in [7, 11) is 0. The molecule has 0 radical (unpaired) electrons. The van der Waals surface area contributed by atoms with Crippen molar-refractivity contribution in [1.29, 1.82) is 0 Å². The molecule has 0 atom stereocenters. The van der Waals surface area contributed by atoms with E-state index < -0.39 is 5.97 Å². The maximum Gasteiger partial charge on any atom is 0.363 e. The number of ether oxygens (including phenoxy) is 1. The number of rotatable bonds is 4. The van der Waals surface area contributed by atoms with E-state index in [4.69, 9.17) is 9.72 Å². The van der Waals surface area contributed by atoms with Gasteiger partial charge < -0.3 is 4.74 Å². The number of aryl methyl sites for hydroxylation is 2. The Kier molecular flexibility index (Phi) is 5.33. The number of cyclic esters (lactones) is 1. The summed E-state index contributed by atoms with van der Waals surface area (Å²) in [5, 5.41) is 1.83. The summed E-state index contributed by atoms with van der Waals surface area (Å²) in [5.74, 6) is -0.140. The van der Waals surface area contributed by atoms with Crippen molar-refractivity contribution in [3.63, 3.8) is 0 Å². The van der Waals surface area contributed by atoms with Crippen molar-refractivity contribution in [2.75, 3.05) is 0 Å². The van der Waals surface area contributed by atoms with Gasteiger partial charge in [0.25, 0.3) is 0 Å². The normalized spacial score (nSPS) is 14.6. The number of hydrogen-bond donors (Lipinski definition) is 0. The van der Waals surface area contributed by atoms with Crippen LogP contribution in [0.15, 0.2) is 99.5 Å². The number of pyridine rings is 1. The van der Waals surface area contributed by atoms with Crippen molar-refractivity contribution in [1.82, 2.24) is 4.98 Å². The Balaban J connectivity index is 1.60. The van der Waals surface area contributed by atoms with Gasteiger partial charge in [0.1, 0.15) is 5.03 Å². The van der Waals surface area contributed by atoms with Crippen LogP contribution in [0.3, 0.4) is 0 Å². The molecule has 0 fully saturated rings. The molecule has 4 aromatic rings. The van der Waals surface area contributed by atoms with Crippen LogP contribution in [0.25, 0.3) is 17.0 Å². The molecule has 1 aromatic heterocycles. The van der Waals surface area contributed by atoms with Crippen molar-refractivity contribution in [3.8, 4) is 0 Å². The molecule has 0 spiro atoms. The maximum absolute atomic E-state index is 12.6. The van der Waals surface area contributed by atoms with Crippen LogP contribution in [-0.4, -0.2) is 16.9 Å². The van der Waals surface area contributed by atoms with Gasteiger partial charge in [0.15, 0.2) is 5.70 Å². The summed E-state index contributed by atoms with van der Waals surface area (Å²) in [6.45, 7) is 4.12. The molecule has 3 aromatic carbocycles. The number of esters is 1. The van der Waals surface area contributed by atoms with Crippen LogP contribution in [0.1, 0.15) is 22.3 Å². The van der Waals surface area contributed by atoms with Gasteiger partial charge >= 0.3 is 5.97 Å². The van der Waals surface area contributed by atoms with Gasteiger partial charge in [-0.15, -0.1) is 0 Å². The van der Waals surface area contributed by atoms with E-state index in [1.54, 1.807) is 17.8 Å². The van der Waals surface area contributed by atoms with Crippen molar-refractivity contribution >= 4 is 40.6 Å². The predicted molar refractivity (Wildman–Crippen MR) is 129 cm³/mol. The summed E-state index contributed by atoms with van der Waals surface area (Å²) in [6, 6.07) is 26.0. The van der Waals surface area contributed by atoms with Gasteiger partial charge in [0.05, 0.1) is 5.52 Å². The molecular formula is C27H20N2O2S. The van der Waals surface area contributed by atoms with Crippen molar-refractivity contribution < 1.29 is 9.53 Å². The molecule has 0 amide bonds. The van der Waals surface area contributed by atoms with Crippen LogP contribution in [-0.2, 0) is 9.53 Å². The zero-order chi connectivity index (χ0) is 22.1. The van der Waals surface area contributed by atoms with Gasteiger partial charge in [-0.05, 0) is 62.4 Å². The highest BCUT2D eigenvalue weighted by Gasteiger charge is 2.24. The molecule has 32 heavy (non-hydrogen) atoms.